The first-order valence-electron chi connectivity index (χ1n) is 5.76. The third-order valence-corrected chi connectivity index (χ3v) is 3.37. The molecule has 0 saturated carbocycles. The Morgan fingerprint density at radius 2 is 2.21 bits per heavy atom. The lowest BCUT2D eigenvalue weighted by molar-refractivity contribution is -0.384. The SMILES string of the molecule is CCOC(=O)CCN(C)c1ccc([N+](=O)[O-])cc1I. The number of esters is 1. The molecular formula is C12H15IN2O4. The number of hydrogen-bond acceptors (Lipinski definition) is 5. The van der Waals surface area contributed by atoms with E-state index >= 15 is 0 Å². The quantitative estimate of drug-likeness (QED) is 0.329. The molecule has 1 aromatic rings. The van der Waals surface area contributed by atoms with Gasteiger partial charge in [0.1, 0.15) is 0 Å². The largest absolute Gasteiger partial charge is 0.466 e. The summed E-state index contributed by atoms with van der Waals surface area (Å²) in [6.07, 6.45) is 0.289. The minimum absolute atomic E-state index is 0.0620. The zero-order valence-electron chi connectivity index (χ0n) is 10.8. The van der Waals surface area contributed by atoms with Crippen LogP contribution in [0, 0.1) is 13.7 Å². The molecule has 104 valence electrons. The lowest BCUT2D eigenvalue weighted by atomic mass is 10.2. The van der Waals surface area contributed by atoms with Crippen molar-refractivity contribution in [2.75, 3.05) is 25.1 Å². The van der Waals surface area contributed by atoms with Crippen LogP contribution in [0.2, 0.25) is 0 Å². The van der Waals surface area contributed by atoms with Crippen LogP contribution in [0.3, 0.4) is 0 Å². The fourth-order valence-corrected chi connectivity index (χ4v) is 2.44. The number of nitro groups is 1. The van der Waals surface area contributed by atoms with Crippen LogP contribution >= 0.6 is 22.6 Å². The summed E-state index contributed by atoms with van der Waals surface area (Å²) in [5.41, 5.74) is 0.919. The Balaban J connectivity index is 2.69. The lowest BCUT2D eigenvalue weighted by Gasteiger charge is -2.20. The molecule has 0 aliphatic carbocycles. The highest BCUT2D eigenvalue weighted by Crippen LogP contribution is 2.26. The zero-order valence-corrected chi connectivity index (χ0v) is 12.9. The van der Waals surface area contributed by atoms with Crippen LogP contribution in [0.15, 0.2) is 18.2 Å². The zero-order chi connectivity index (χ0) is 14.4. The van der Waals surface area contributed by atoms with Gasteiger partial charge in [-0.1, -0.05) is 0 Å². The average Bonchev–Trinajstić information content (AvgIpc) is 2.36. The van der Waals surface area contributed by atoms with Crippen LogP contribution in [0.4, 0.5) is 11.4 Å². The molecule has 0 N–H and O–H groups in total. The minimum Gasteiger partial charge on any atom is -0.466 e. The Labute approximate surface area is 125 Å². The Bertz CT molecular complexity index is 479. The maximum atomic E-state index is 11.3. The van der Waals surface area contributed by atoms with Gasteiger partial charge in [0, 0.05) is 29.3 Å². The first kappa shape index (κ1) is 15.7. The number of ether oxygens (including phenoxy) is 1. The van der Waals surface area contributed by atoms with E-state index in [0.717, 1.165) is 9.26 Å². The van der Waals surface area contributed by atoms with Crippen molar-refractivity contribution in [2.24, 2.45) is 0 Å². The molecule has 0 atom stereocenters. The van der Waals surface area contributed by atoms with E-state index in [-0.39, 0.29) is 18.1 Å². The third kappa shape index (κ3) is 4.66. The Kier molecular flexibility index (Phi) is 6.00. The molecule has 1 rings (SSSR count). The maximum absolute atomic E-state index is 11.3. The summed E-state index contributed by atoms with van der Waals surface area (Å²) >= 11 is 2.05. The molecule has 19 heavy (non-hydrogen) atoms. The Morgan fingerprint density at radius 3 is 2.74 bits per heavy atom. The maximum Gasteiger partial charge on any atom is 0.307 e. The molecule has 6 nitrogen and oxygen atoms in total. The van der Waals surface area contributed by atoms with E-state index < -0.39 is 4.92 Å². The highest BCUT2D eigenvalue weighted by Gasteiger charge is 2.13. The van der Waals surface area contributed by atoms with Crippen molar-refractivity contribution >= 4 is 39.9 Å². The molecule has 0 bridgehead atoms. The molecule has 0 aliphatic heterocycles. The molecule has 0 heterocycles. The van der Waals surface area contributed by atoms with Gasteiger partial charge in [-0.2, -0.15) is 0 Å². The second-order valence-corrected chi connectivity index (χ2v) is 5.03. The number of nitro benzene ring substituents is 1. The summed E-state index contributed by atoms with van der Waals surface area (Å²) in [7, 11) is 1.84. The normalized spacial score (nSPS) is 10.1. The number of halogens is 1. The van der Waals surface area contributed by atoms with E-state index in [1.54, 1.807) is 13.0 Å². The fourth-order valence-electron chi connectivity index (χ4n) is 1.53. The number of benzene rings is 1. The number of non-ortho nitro benzene ring substituents is 1. The molecule has 0 amide bonds. The molecule has 0 aromatic heterocycles. The van der Waals surface area contributed by atoms with Gasteiger partial charge < -0.3 is 9.64 Å². The first-order valence-corrected chi connectivity index (χ1v) is 6.84. The standard InChI is InChI=1S/C12H15IN2O4/c1-3-19-12(16)6-7-14(2)11-5-4-9(15(17)18)8-10(11)13/h4-5,8H,3,6-7H2,1-2H3. The van der Waals surface area contributed by atoms with Crippen LogP contribution in [0.25, 0.3) is 0 Å². The summed E-state index contributed by atoms with van der Waals surface area (Å²) in [4.78, 5) is 23.4. The van der Waals surface area contributed by atoms with Crippen LogP contribution in [0.1, 0.15) is 13.3 Å². The van der Waals surface area contributed by atoms with Crippen LogP contribution in [0.5, 0.6) is 0 Å². The number of carbonyl (C=O) groups excluding carboxylic acids is 1. The van der Waals surface area contributed by atoms with Crippen molar-refractivity contribution in [2.45, 2.75) is 13.3 Å². The van der Waals surface area contributed by atoms with E-state index in [9.17, 15) is 14.9 Å². The van der Waals surface area contributed by atoms with Crippen LogP contribution < -0.4 is 4.90 Å². The molecule has 0 spiro atoms. The number of rotatable bonds is 6. The van der Waals surface area contributed by atoms with E-state index in [4.69, 9.17) is 4.74 Å². The van der Waals surface area contributed by atoms with Gasteiger partial charge in [0.05, 0.1) is 23.6 Å². The molecule has 0 saturated heterocycles. The van der Waals surface area contributed by atoms with Crippen molar-refractivity contribution in [3.05, 3.63) is 31.9 Å². The predicted octanol–water partition coefficient (Wildman–Crippen LogP) is 2.59. The molecular weight excluding hydrogens is 363 g/mol. The Hall–Kier alpha value is -1.38. The van der Waals surface area contributed by atoms with Crippen molar-refractivity contribution in [3.63, 3.8) is 0 Å². The van der Waals surface area contributed by atoms with E-state index in [1.807, 2.05) is 34.5 Å². The second kappa shape index (κ2) is 7.27. The monoisotopic (exact) mass is 378 g/mol. The lowest BCUT2D eigenvalue weighted by Crippen LogP contribution is -2.22. The Morgan fingerprint density at radius 1 is 1.53 bits per heavy atom. The van der Waals surface area contributed by atoms with E-state index in [1.165, 1.54) is 12.1 Å². The van der Waals surface area contributed by atoms with Crippen LogP contribution in [-0.2, 0) is 9.53 Å². The molecule has 0 unspecified atom stereocenters. The van der Waals surface area contributed by atoms with Gasteiger partial charge >= 0.3 is 5.97 Å². The number of nitrogens with zero attached hydrogens (tertiary/aromatic N) is 2. The van der Waals surface area contributed by atoms with Gasteiger partial charge in [-0.15, -0.1) is 0 Å². The highest BCUT2D eigenvalue weighted by atomic mass is 127. The summed E-state index contributed by atoms with van der Waals surface area (Å²) in [6, 6.07) is 4.65. The van der Waals surface area contributed by atoms with Crippen molar-refractivity contribution in [1.29, 1.82) is 0 Å². The fraction of sp³-hybridized carbons (Fsp3) is 0.417. The minimum atomic E-state index is -0.426. The molecule has 1 aromatic carbocycles. The molecule has 0 fully saturated rings. The van der Waals surface area contributed by atoms with Gasteiger partial charge in [0.2, 0.25) is 0 Å². The van der Waals surface area contributed by atoms with Gasteiger partial charge in [0.15, 0.2) is 0 Å². The van der Waals surface area contributed by atoms with Gasteiger partial charge in [-0.3, -0.25) is 14.9 Å². The summed E-state index contributed by atoms with van der Waals surface area (Å²) in [5, 5.41) is 10.6. The number of hydrogen-bond donors (Lipinski definition) is 0. The summed E-state index contributed by atoms with van der Waals surface area (Å²) in [5.74, 6) is -0.244. The van der Waals surface area contributed by atoms with Gasteiger partial charge in [-0.25, -0.2) is 0 Å². The molecule has 7 heteroatoms. The predicted molar refractivity (Wildman–Crippen MR) is 80.3 cm³/mol. The smallest absolute Gasteiger partial charge is 0.307 e. The van der Waals surface area contributed by atoms with E-state index in [2.05, 4.69) is 0 Å². The number of carbonyl (C=O) groups is 1. The topological polar surface area (TPSA) is 72.7 Å². The molecule has 0 aliphatic rings. The van der Waals surface area contributed by atoms with Crippen molar-refractivity contribution in [3.8, 4) is 0 Å². The van der Waals surface area contributed by atoms with Gasteiger partial charge in [0.25, 0.3) is 5.69 Å². The highest BCUT2D eigenvalue weighted by molar-refractivity contribution is 14.1. The first-order chi connectivity index (χ1) is 8.95. The average molecular weight is 378 g/mol. The number of anilines is 1. The van der Waals surface area contributed by atoms with Gasteiger partial charge in [-0.05, 0) is 35.6 Å². The third-order valence-electron chi connectivity index (χ3n) is 2.51. The molecule has 0 radical (unpaired) electrons. The summed E-state index contributed by atoms with van der Waals surface area (Å²) < 4.78 is 5.63. The summed E-state index contributed by atoms with van der Waals surface area (Å²) in [6.45, 7) is 2.64. The van der Waals surface area contributed by atoms with Crippen molar-refractivity contribution in [1.82, 2.24) is 0 Å². The second-order valence-electron chi connectivity index (χ2n) is 3.87. The van der Waals surface area contributed by atoms with E-state index in [0.29, 0.717) is 13.2 Å². The van der Waals surface area contributed by atoms with Crippen molar-refractivity contribution < 1.29 is 14.5 Å². The van der Waals surface area contributed by atoms with Crippen LogP contribution in [-0.4, -0.2) is 31.1 Å².